The number of hydrogen-bond donors (Lipinski definition) is 1. The van der Waals surface area contributed by atoms with Crippen molar-refractivity contribution in [3.63, 3.8) is 0 Å². The Labute approximate surface area is 99.5 Å². The number of imidazole rings is 1. The summed E-state index contributed by atoms with van der Waals surface area (Å²) in [6.07, 6.45) is 3.62. The molecule has 1 N–H and O–H groups in total. The zero-order chi connectivity index (χ0) is 12.4. The van der Waals surface area contributed by atoms with Crippen LogP contribution in [0.2, 0.25) is 0 Å². The SMILES string of the molecule is CCn1ccnc1-c1cc(C(=O)O)ccc1C. The van der Waals surface area contributed by atoms with Gasteiger partial charge in [0.2, 0.25) is 0 Å². The number of carboxylic acids is 1. The summed E-state index contributed by atoms with van der Waals surface area (Å²) in [4.78, 5) is 15.2. The third kappa shape index (κ3) is 2.06. The van der Waals surface area contributed by atoms with E-state index in [4.69, 9.17) is 5.11 Å². The number of hydrogen-bond acceptors (Lipinski definition) is 2. The van der Waals surface area contributed by atoms with Crippen LogP contribution in [0.4, 0.5) is 0 Å². The molecule has 0 saturated carbocycles. The van der Waals surface area contributed by atoms with Gasteiger partial charge >= 0.3 is 5.97 Å². The largest absolute Gasteiger partial charge is 0.478 e. The summed E-state index contributed by atoms with van der Waals surface area (Å²) in [6, 6.07) is 5.10. The molecule has 0 spiro atoms. The number of carboxylic acid groups (broad SMARTS) is 1. The number of nitrogens with zero attached hydrogens (tertiary/aromatic N) is 2. The first-order chi connectivity index (χ1) is 8.13. The predicted molar refractivity (Wildman–Crippen MR) is 65.0 cm³/mol. The third-order valence-corrected chi connectivity index (χ3v) is 2.78. The normalized spacial score (nSPS) is 10.5. The van der Waals surface area contributed by atoms with E-state index >= 15 is 0 Å². The van der Waals surface area contributed by atoms with E-state index in [-0.39, 0.29) is 5.56 Å². The molecule has 0 radical (unpaired) electrons. The van der Waals surface area contributed by atoms with E-state index < -0.39 is 5.97 Å². The van der Waals surface area contributed by atoms with E-state index in [9.17, 15) is 4.79 Å². The molecule has 0 bridgehead atoms. The summed E-state index contributed by atoms with van der Waals surface area (Å²) in [5.74, 6) is -0.103. The highest BCUT2D eigenvalue weighted by atomic mass is 16.4. The van der Waals surface area contributed by atoms with E-state index in [1.165, 1.54) is 0 Å². The molecule has 1 aromatic heterocycles. The first kappa shape index (κ1) is 11.4. The number of carbonyl (C=O) groups is 1. The average molecular weight is 230 g/mol. The van der Waals surface area contributed by atoms with Crippen molar-refractivity contribution in [2.24, 2.45) is 0 Å². The van der Waals surface area contributed by atoms with Crippen molar-refractivity contribution in [3.8, 4) is 11.4 Å². The van der Waals surface area contributed by atoms with Crippen molar-refractivity contribution in [1.82, 2.24) is 9.55 Å². The fraction of sp³-hybridized carbons (Fsp3) is 0.231. The monoisotopic (exact) mass is 230 g/mol. The van der Waals surface area contributed by atoms with Crippen LogP contribution in [0, 0.1) is 6.92 Å². The summed E-state index contributed by atoms with van der Waals surface area (Å²) in [6.45, 7) is 4.79. The van der Waals surface area contributed by atoms with E-state index in [0.717, 1.165) is 23.5 Å². The van der Waals surface area contributed by atoms with Crippen LogP contribution < -0.4 is 0 Å². The van der Waals surface area contributed by atoms with Gasteiger partial charge in [0, 0.05) is 24.5 Å². The number of aryl methyl sites for hydroxylation is 2. The summed E-state index contributed by atoms with van der Waals surface area (Å²) >= 11 is 0. The summed E-state index contributed by atoms with van der Waals surface area (Å²) < 4.78 is 1.99. The molecule has 1 aromatic carbocycles. The minimum absolute atomic E-state index is 0.288. The van der Waals surface area contributed by atoms with Crippen molar-refractivity contribution >= 4 is 5.97 Å². The molecule has 17 heavy (non-hydrogen) atoms. The van der Waals surface area contributed by atoms with Gasteiger partial charge in [-0.15, -0.1) is 0 Å². The van der Waals surface area contributed by atoms with Gasteiger partial charge in [-0.2, -0.15) is 0 Å². The Morgan fingerprint density at radius 3 is 2.88 bits per heavy atom. The van der Waals surface area contributed by atoms with Gasteiger partial charge in [-0.25, -0.2) is 9.78 Å². The van der Waals surface area contributed by atoms with Gasteiger partial charge in [-0.05, 0) is 31.5 Å². The molecule has 0 aliphatic rings. The Bertz CT molecular complexity index is 558. The van der Waals surface area contributed by atoms with Crippen LogP contribution >= 0.6 is 0 Å². The molecule has 88 valence electrons. The zero-order valence-electron chi connectivity index (χ0n) is 9.84. The van der Waals surface area contributed by atoms with Gasteiger partial charge < -0.3 is 9.67 Å². The first-order valence-electron chi connectivity index (χ1n) is 5.49. The van der Waals surface area contributed by atoms with Crippen molar-refractivity contribution in [2.75, 3.05) is 0 Å². The predicted octanol–water partition coefficient (Wildman–Crippen LogP) is 2.58. The standard InChI is InChI=1S/C13H14N2O2/c1-3-15-7-6-14-12(15)11-8-10(13(16)17)5-4-9(11)2/h4-8H,3H2,1-2H3,(H,16,17). The fourth-order valence-corrected chi connectivity index (χ4v) is 1.80. The Kier molecular flexibility index (Phi) is 2.95. The number of aromatic nitrogens is 2. The number of rotatable bonds is 3. The fourth-order valence-electron chi connectivity index (χ4n) is 1.80. The lowest BCUT2D eigenvalue weighted by atomic mass is 10.0. The van der Waals surface area contributed by atoms with Crippen LogP contribution in [0.1, 0.15) is 22.8 Å². The van der Waals surface area contributed by atoms with Gasteiger partial charge in [0.1, 0.15) is 5.82 Å². The molecule has 0 atom stereocenters. The van der Waals surface area contributed by atoms with Gasteiger partial charge in [-0.1, -0.05) is 6.07 Å². The van der Waals surface area contributed by atoms with E-state index in [0.29, 0.717) is 0 Å². The average Bonchev–Trinajstić information content (AvgIpc) is 2.77. The topological polar surface area (TPSA) is 55.1 Å². The molecule has 0 aliphatic heterocycles. The van der Waals surface area contributed by atoms with Gasteiger partial charge in [0.25, 0.3) is 0 Å². The van der Waals surface area contributed by atoms with E-state index in [1.807, 2.05) is 30.7 Å². The van der Waals surface area contributed by atoms with E-state index in [1.54, 1.807) is 18.3 Å². The summed E-state index contributed by atoms with van der Waals surface area (Å²) in [5, 5.41) is 9.00. The molecule has 4 nitrogen and oxygen atoms in total. The summed E-state index contributed by atoms with van der Waals surface area (Å²) in [7, 11) is 0. The molecular weight excluding hydrogens is 216 g/mol. The van der Waals surface area contributed by atoms with Crippen molar-refractivity contribution < 1.29 is 9.90 Å². The minimum atomic E-state index is -0.916. The van der Waals surface area contributed by atoms with E-state index in [2.05, 4.69) is 4.98 Å². The van der Waals surface area contributed by atoms with Crippen molar-refractivity contribution in [2.45, 2.75) is 20.4 Å². The first-order valence-corrected chi connectivity index (χ1v) is 5.49. The highest BCUT2D eigenvalue weighted by Gasteiger charge is 2.11. The van der Waals surface area contributed by atoms with Crippen LogP contribution in [0.3, 0.4) is 0 Å². The zero-order valence-corrected chi connectivity index (χ0v) is 9.84. The van der Waals surface area contributed by atoms with Crippen LogP contribution in [0.15, 0.2) is 30.6 Å². The Morgan fingerprint density at radius 1 is 1.47 bits per heavy atom. The molecule has 2 rings (SSSR count). The second kappa shape index (κ2) is 4.41. The molecule has 0 saturated heterocycles. The highest BCUT2D eigenvalue weighted by Crippen LogP contribution is 2.23. The highest BCUT2D eigenvalue weighted by molar-refractivity contribution is 5.89. The molecular formula is C13H14N2O2. The lowest BCUT2D eigenvalue weighted by Crippen LogP contribution is -2.01. The quantitative estimate of drug-likeness (QED) is 0.881. The van der Waals surface area contributed by atoms with Crippen LogP contribution in [0.25, 0.3) is 11.4 Å². The van der Waals surface area contributed by atoms with Gasteiger partial charge in [0.15, 0.2) is 0 Å². The minimum Gasteiger partial charge on any atom is -0.478 e. The molecule has 0 unspecified atom stereocenters. The molecule has 0 amide bonds. The lowest BCUT2D eigenvalue weighted by Gasteiger charge is -2.08. The third-order valence-electron chi connectivity index (χ3n) is 2.78. The van der Waals surface area contributed by atoms with Crippen LogP contribution in [-0.4, -0.2) is 20.6 Å². The Balaban J connectivity index is 2.58. The Hall–Kier alpha value is -2.10. The van der Waals surface area contributed by atoms with Crippen molar-refractivity contribution in [1.29, 1.82) is 0 Å². The molecule has 2 aromatic rings. The molecule has 0 fully saturated rings. The van der Waals surface area contributed by atoms with Gasteiger partial charge in [0.05, 0.1) is 5.56 Å². The van der Waals surface area contributed by atoms with Gasteiger partial charge in [-0.3, -0.25) is 0 Å². The second-order valence-electron chi connectivity index (χ2n) is 3.87. The second-order valence-corrected chi connectivity index (χ2v) is 3.87. The maximum atomic E-state index is 11.0. The maximum absolute atomic E-state index is 11.0. The molecule has 1 heterocycles. The lowest BCUT2D eigenvalue weighted by molar-refractivity contribution is 0.0697. The molecule has 4 heteroatoms. The number of aromatic carboxylic acids is 1. The smallest absolute Gasteiger partial charge is 0.335 e. The van der Waals surface area contributed by atoms with Crippen LogP contribution in [-0.2, 0) is 6.54 Å². The Morgan fingerprint density at radius 2 is 2.24 bits per heavy atom. The maximum Gasteiger partial charge on any atom is 0.335 e. The number of benzene rings is 1. The van der Waals surface area contributed by atoms with Crippen molar-refractivity contribution in [3.05, 3.63) is 41.7 Å². The van der Waals surface area contributed by atoms with Crippen LogP contribution in [0.5, 0.6) is 0 Å². The molecule has 0 aliphatic carbocycles. The summed E-state index contributed by atoms with van der Waals surface area (Å²) in [5.41, 5.74) is 2.18.